The van der Waals surface area contributed by atoms with Crippen molar-refractivity contribution in [2.24, 2.45) is 11.8 Å². The first-order valence-corrected chi connectivity index (χ1v) is 7.61. The van der Waals surface area contributed by atoms with Crippen LogP contribution in [-0.2, 0) is 4.79 Å². The lowest BCUT2D eigenvalue weighted by atomic mass is 9.81. The van der Waals surface area contributed by atoms with Gasteiger partial charge in [0, 0.05) is 6.42 Å². The van der Waals surface area contributed by atoms with Crippen molar-refractivity contribution in [3.8, 4) is 0 Å². The minimum atomic E-state index is -0.672. The molecule has 106 valence electrons. The average molecular weight is 255 g/mol. The van der Waals surface area contributed by atoms with E-state index in [1.165, 1.54) is 32.1 Å². The lowest BCUT2D eigenvalue weighted by Gasteiger charge is -2.26. The molecule has 0 saturated heterocycles. The van der Waals surface area contributed by atoms with Gasteiger partial charge in [-0.3, -0.25) is 4.79 Å². The number of carboxylic acids is 1. The van der Waals surface area contributed by atoms with Crippen molar-refractivity contribution in [1.82, 2.24) is 5.32 Å². The number of nitrogens with one attached hydrogen (secondary N) is 1. The molecule has 0 aromatic rings. The van der Waals surface area contributed by atoms with Crippen LogP contribution in [0.4, 0.5) is 0 Å². The van der Waals surface area contributed by atoms with Gasteiger partial charge in [0.15, 0.2) is 0 Å². The molecule has 0 bridgehead atoms. The monoisotopic (exact) mass is 255 g/mol. The Morgan fingerprint density at radius 3 is 2.78 bits per heavy atom. The van der Waals surface area contributed by atoms with Crippen molar-refractivity contribution in [3.63, 3.8) is 0 Å². The summed E-state index contributed by atoms with van der Waals surface area (Å²) in [6.45, 7) is 4.56. The third-order valence-corrected chi connectivity index (χ3v) is 4.02. The van der Waals surface area contributed by atoms with Crippen molar-refractivity contribution in [3.05, 3.63) is 0 Å². The van der Waals surface area contributed by atoms with Crippen LogP contribution in [0.2, 0.25) is 0 Å². The maximum absolute atomic E-state index is 10.3. The highest BCUT2D eigenvalue weighted by Crippen LogP contribution is 2.30. The van der Waals surface area contributed by atoms with Crippen molar-refractivity contribution in [1.29, 1.82) is 0 Å². The fourth-order valence-electron chi connectivity index (χ4n) is 2.96. The molecular weight excluding hydrogens is 226 g/mol. The van der Waals surface area contributed by atoms with Gasteiger partial charge >= 0.3 is 5.97 Å². The standard InChI is InChI=1S/C15H29NO2/c1-13-6-5-7-14(12-13)9-11-16-10-4-2-3-8-15(17)18/h13-14,16H,2-12H2,1H3,(H,17,18). The Labute approximate surface area is 111 Å². The first-order chi connectivity index (χ1) is 8.68. The fraction of sp³-hybridized carbons (Fsp3) is 0.933. The minimum absolute atomic E-state index is 0.319. The van der Waals surface area contributed by atoms with Crippen molar-refractivity contribution in [2.45, 2.75) is 64.7 Å². The van der Waals surface area contributed by atoms with Crippen molar-refractivity contribution in [2.75, 3.05) is 13.1 Å². The highest BCUT2D eigenvalue weighted by atomic mass is 16.4. The first-order valence-electron chi connectivity index (χ1n) is 7.61. The van der Waals surface area contributed by atoms with Gasteiger partial charge in [-0.15, -0.1) is 0 Å². The van der Waals surface area contributed by atoms with E-state index < -0.39 is 5.97 Å². The van der Waals surface area contributed by atoms with Gasteiger partial charge < -0.3 is 10.4 Å². The zero-order valence-electron chi connectivity index (χ0n) is 11.8. The number of aliphatic carboxylic acids is 1. The Hall–Kier alpha value is -0.570. The quantitative estimate of drug-likeness (QED) is 0.620. The number of unbranched alkanes of at least 4 members (excludes halogenated alkanes) is 2. The molecule has 0 aliphatic heterocycles. The number of hydrogen-bond donors (Lipinski definition) is 2. The molecule has 3 heteroatoms. The minimum Gasteiger partial charge on any atom is -0.481 e. The van der Waals surface area contributed by atoms with Crippen LogP contribution in [0.15, 0.2) is 0 Å². The van der Waals surface area contributed by atoms with E-state index in [9.17, 15) is 4.79 Å². The van der Waals surface area contributed by atoms with E-state index in [1.54, 1.807) is 0 Å². The molecule has 2 N–H and O–H groups in total. The Kier molecular flexibility index (Phi) is 8.06. The highest BCUT2D eigenvalue weighted by molar-refractivity contribution is 5.66. The molecule has 0 amide bonds. The molecule has 2 atom stereocenters. The van der Waals surface area contributed by atoms with Crippen LogP contribution in [0.1, 0.15) is 64.7 Å². The Morgan fingerprint density at radius 1 is 1.22 bits per heavy atom. The maximum atomic E-state index is 10.3. The molecule has 0 aromatic heterocycles. The topological polar surface area (TPSA) is 49.3 Å². The molecule has 0 aromatic carbocycles. The Balaban J connectivity index is 1.85. The summed E-state index contributed by atoms with van der Waals surface area (Å²) in [6, 6.07) is 0. The van der Waals surface area contributed by atoms with Crippen LogP contribution in [-0.4, -0.2) is 24.2 Å². The zero-order chi connectivity index (χ0) is 13.2. The van der Waals surface area contributed by atoms with Gasteiger partial charge in [-0.2, -0.15) is 0 Å². The molecule has 0 heterocycles. The summed E-state index contributed by atoms with van der Waals surface area (Å²) >= 11 is 0. The maximum Gasteiger partial charge on any atom is 0.303 e. The number of rotatable bonds is 9. The second-order valence-electron chi connectivity index (χ2n) is 5.88. The Morgan fingerprint density at radius 2 is 2.06 bits per heavy atom. The summed E-state index contributed by atoms with van der Waals surface area (Å²) in [5.74, 6) is 1.20. The fourth-order valence-corrected chi connectivity index (χ4v) is 2.96. The van der Waals surface area contributed by atoms with Gasteiger partial charge in [0.1, 0.15) is 0 Å². The first kappa shape index (κ1) is 15.5. The molecule has 2 unspecified atom stereocenters. The van der Waals surface area contributed by atoms with Crippen LogP contribution >= 0.6 is 0 Å². The number of hydrogen-bond acceptors (Lipinski definition) is 2. The molecule has 18 heavy (non-hydrogen) atoms. The third kappa shape index (κ3) is 7.70. The van der Waals surface area contributed by atoms with Crippen molar-refractivity contribution >= 4 is 5.97 Å². The zero-order valence-corrected chi connectivity index (χ0v) is 11.8. The van der Waals surface area contributed by atoms with Gasteiger partial charge in [0.2, 0.25) is 0 Å². The summed E-state index contributed by atoms with van der Waals surface area (Å²) in [5, 5.41) is 12.0. The van der Waals surface area contributed by atoms with E-state index in [0.29, 0.717) is 6.42 Å². The molecule has 1 aliphatic carbocycles. The lowest BCUT2D eigenvalue weighted by molar-refractivity contribution is -0.137. The molecule has 1 fully saturated rings. The second kappa shape index (κ2) is 9.37. The SMILES string of the molecule is CC1CCCC(CCNCCCCCC(=O)O)C1. The van der Waals surface area contributed by atoms with E-state index in [0.717, 1.165) is 44.2 Å². The highest BCUT2D eigenvalue weighted by Gasteiger charge is 2.17. The molecule has 1 rings (SSSR count). The predicted octanol–water partition coefficient (Wildman–Crippen LogP) is 3.44. The average Bonchev–Trinajstić information content (AvgIpc) is 2.32. The van der Waals surface area contributed by atoms with Crippen LogP contribution in [0.25, 0.3) is 0 Å². The van der Waals surface area contributed by atoms with Gasteiger partial charge in [0.25, 0.3) is 0 Å². The summed E-state index contributed by atoms with van der Waals surface area (Å²) in [7, 11) is 0. The van der Waals surface area contributed by atoms with Gasteiger partial charge in [-0.25, -0.2) is 0 Å². The van der Waals surface area contributed by atoms with Gasteiger partial charge in [0.05, 0.1) is 0 Å². The largest absolute Gasteiger partial charge is 0.481 e. The summed E-state index contributed by atoms with van der Waals surface area (Å²) in [5.41, 5.74) is 0. The molecular formula is C15H29NO2. The molecule has 1 aliphatic rings. The molecule has 1 saturated carbocycles. The Bertz CT molecular complexity index is 231. The molecule has 0 spiro atoms. The van der Waals surface area contributed by atoms with E-state index in [2.05, 4.69) is 12.2 Å². The lowest BCUT2D eigenvalue weighted by Crippen LogP contribution is -2.22. The third-order valence-electron chi connectivity index (χ3n) is 4.02. The summed E-state index contributed by atoms with van der Waals surface area (Å²) < 4.78 is 0. The van der Waals surface area contributed by atoms with Crippen LogP contribution < -0.4 is 5.32 Å². The normalized spacial score (nSPS) is 24.1. The predicted molar refractivity (Wildman–Crippen MR) is 74.7 cm³/mol. The van der Waals surface area contributed by atoms with Crippen LogP contribution in [0.3, 0.4) is 0 Å². The van der Waals surface area contributed by atoms with E-state index in [-0.39, 0.29) is 0 Å². The van der Waals surface area contributed by atoms with Gasteiger partial charge in [-0.1, -0.05) is 32.6 Å². The van der Waals surface area contributed by atoms with Gasteiger partial charge in [-0.05, 0) is 50.6 Å². The number of carboxylic acid groups (broad SMARTS) is 1. The smallest absolute Gasteiger partial charge is 0.303 e. The van der Waals surface area contributed by atoms with E-state index >= 15 is 0 Å². The van der Waals surface area contributed by atoms with E-state index in [1.807, 2.05) is 0 Å². The van der Waals surface area contributed by atoms with Crippen LogP contribution in [0, 0.1) is 11.8 Å². The summed E-state index contributed by atoms with van der Waals surface area (Å²) in [4.78, 5) is 10.3. The molecule has 3 nitrogen and oxygen atoms in total. The second-order valence-corrected chi connectivity index (χ2v) is 5.88. The van der Waals surface area contributed by atoms with E-state index in [4.69, 9.17) is 5.11 Å². The summed E-state index contributed by atoms with van der Waals surface area (Å²) in [6.07, 6.45) is 10.3. The van der Waals surface area contributed by atoms with Crippen LogP contribution in [0.5, 0.6) is 0 Å². The number of carbonyl (C=O) groups is 1. The van der Waals surface area contributed by atoms with Crippen molar-refractivity contribution < 1.29 is 9.90 Å². The molecule has 0 radical (unpaired) electrons.